The van der Waals surface area contributed by atoms with Crippen LogP contribution in [0.5, 0.6) is 0 Å². The molecule has 2 aliphatic rings. The normalized spacial score (nSPS) is 32.6. The average molecular weight is 250 g/mol. The molecular weight excluding hydrogens is 232 g/mol. The van der Waals surface area contributed by atoms with E-state index in [2.05, 4.69) is 60.7 Å². The number of hydrogen-bond donors (Lipinski definition) is 0. The largest absolute Gasteiger partial charge is 0.368 e. The van der Waals surface area contributed by atoms with Crippen molar-refractivity contribution in [3.8, 4) is 0 Å². The van der Waals surface area contributed by atoms with E-state index in [1.807, 2.05) is 0 Å². The predicted molar refractivity (Wildman–Crippen MR) is 76.0 cm³/mol. The first-order valence-electron chi connectivity index (χ1n) is 7.17. The molecule has 0 aromatic heterocycles. The number of rotatable bonds is 2. The van der Waals surface area contributed by atoms with E-state index in [-0.39, 0.29) is 11.5 Å². The van der Waals surface area contributed by atoms with Crippen LogP contribution in [0.1, 0.15) is 36.5 Å². The van der Waals surface area contributed by atoms with Gasteiger partial charge in [0.05, 0.1) is 17.6 Å². The van der Waals surface area contributed by atoms with Crippen molar-refractivity contribution in [3.05, 3.63) is 71.8 Å². The first kappa shape index (κ1) is 11.2. The van der Waals surface area contributed by atoms with Crippen LogP contribution in [0.3, 0.4) is 0 Å². The monoisotopic (exact) mass is 250 g/mol. The van der Waals surface area contributed by atoms with E-state index in [1.54, 1.807) is 0 Å². The summed E-state index contributed by atoms with van der Waals surface area (Å²) < 4.78 is 6.21. The Morgan fingerprint density at radius 1 is 0.895 bits per heavy atom. The van der Waals surface area contributed by atoms with E-state index in [9.17, 15) is 0 Å². The van der Waals surface area contributed by atoms with Crippen LogP contribution in [0.15, 0.2) is 60.7 Å². The molecule has 2 aromatic rings. The van der Waals surface area contributed by atoms with Gasteiger partial charge in [-0.05, 0) is 30.4 Å². The van der Waals surface area contributed by atoms with Crippen molar-refractivity contribution < 1.29 is 4.74 Å². The summed E-state index contributed by atoms with van der Waals surface area (Å²) in [6.07, 6.45) is 4.39. The van der Waals surface area contributed by atoms with Gasteiger partial charge in [0.2, 0.25) is 0 Å². The summed E-state index contributed by atoms with van der Waals surface area (Å²) in [5.74, 6) is 0. The Morgan fingerprint density at radius 3 is 2.26 bits per heavy atom. The zero-order valence-electron chi connectivity index (χ0n) is 11.0. The summed E-state index contributed by atoms with van der Waals surface area (Å²) in [5, 5.41) is 0. The second kappa shape index (κ2) is 4.21. The molecular formula is C18H18O. The van der Waals surface area contributed by atoms with E-state index in [4.69, 9.17) is 4.74 Å². The highest BCUT2D eigenvalue weighted by Crippen LogP contribution is 2.60. The van der Waals surface area contributed by atoms with E-state index in [0.29, 0.717) is 6.10 Å². The predicted octanol–water partition coefficient (Wildman–Crippen LogP) is 4.25. The highest BCUT2D eigenvalue weighted by molar-refractivity contribution is 5.38. The van der Waals surface area contributed by atoms with Gasteiger partial charge in [-0.2, -0.15) is 0 Å². The van der Waals surface area contributed by atoms with Crippen molar-refractivity contribution in [2.75, 3.05) is 0 Å². The van der Waals surface area contributed by atoms with Gasteiger partial charge in [0.15, 0.2) is 0 Å². The zero-order valence-corrected chi connectivity index (χ0v) is 11.0. The van der Waals surface area contributed by atoms with Gasteiger partial charge in [0, 0.05) is 0 Å². The number of ether oxygens (including phenoxy) is 1. The molecule has 1 nitrogen and oxygen atoms in total. The van der Waals surface area contributed by atoms with Crippen molar-refractivity contribution in [1.82, 2.24) is 0 Å². The van der Waals surface area contributed by atoms with Crippen molar-refractivity contribution in [2.45, 2.75) is 36.9 Å². The third kappa shape index (κ3) is 1.51. The lowest BCUT2D eigenvalue weighted by atomic mass is 9.66. The molecule has 0 N–H and O–H groups in total. The molecule has 96 valence electrons. The van der Waals surface area contributed by atoms with Crippen molar-refractivity contribution >= 4 is 0 Å². The quantitative estimate of drug-likeness (QED) is 0.774. The lowest BCUT2D eigenvalue weighted by Crippen LogP contribution is -2.54. The van der Waals surface area contributed by atoms with Crippen LogP contribution in [0.2, 0.25) is 0 Å². The second-order valence-corrected chi connectivity index (χ2v) is 5.71. The van der Waals surface area contributed by atoms with Crippen molar-refractivity contribution in [2.24, 2.45) is 0 Å². The highest BCUT2D eigenvalue weighted by Gasteiger charge is 2.60. The average Bonchev–Trinajstić information content (AvgIpc) is 2.79. The standard InChI is InChI=1S/C18H18O/c1-3-8-14(9-4-1)17-18(13-7-12-16(18)19-17)15-10-5-2-6-11-15/h1-6,8-11,16-17H,7,12-13H2/t16-,17-,18-/m1/s1. The van der Waals surface area contributed by atoms with Crippen molar-refractivity contribution in [1.29, 1.82) is 0 Å². The third-order valence-corrected chi connectivity index (χ3v) is 4.81. The Kier molecular flexibility index (Phi) is 2.49. The van der Waals surface area contributed by atoms with Crippen LogP contribution in [-0.4, -0.2) is 6.10 Å². The molecule has 2 aromatic carbocycles. The maximum absolute atomic E-state index is 6.21. The Bertz CT molecular complexity index is 563. The first-order valence-corrected chi connectivity index (χ1v) is 7.17. The smallest absolute Gasteiger partial charge is 0.0950 e. The van der Waals surface area contributed by atoms with Gasteiger partial charge in [-0.25, -0.2) is 0 Å². The maximum Gasteiger partial charge on any atom is 0.0950 e. The minimum absolute atomic E-state index is 0.225. The second-order valence-electron chi connectivity index (χ2n) is 5.71. The van der Waals surface area contributed by atoms with Crippen LogP contribution in [0.4, 0.5) is 0 Å². The maximum atomic E-state index is 6.21. The molecule has 2 fully saturated rings. The van der Waals surface area contributed by atoms with Gasteiger partial charge >= 0.3 is 0 Å². The fourth-order valence-corrected chi connectivity index (χ4v) is 3.94. The minimum Gasteiger partial charge on any atom is -0.368 e. The minimum atomic E-state index is 0.225. The molecule has 1 aliphatic heterocycles. The molecule has 1 saturated heterocycles. The van der Waals surface area contributed by atoms with E-state index < -0.39 is 0 Å². The molecule has 0 bridgehead atoms. The molecule has 4 rings (SSSR count). The summed E-state index contributed by atoms with van der Waals surface area (Å²) in [6, 6.07) is 21.6. The fourth-order valence-electron chi connectivity index (χ4n) is 3.94. The molecule has 0 amide bonds. The third-order valence-electron chi connectivity index (χ3n) is 4.81. The highest BCUT2D eigenvalue weighted by atomic mass is 16.5. The fraction of sp³-hybridized carbons (Fsp3) is 0.333. The zero-order chi connectivity index (χ0) is 12.7. The Morgan fingerprint density at radius 2 is 1.58 bits per heavy atom. The van der Waals surface area contributed by atoms with E-state index in [1.165, 1.54) is 30.4 Å². The summed E-state index contributed by atoms with van der Waals surface area (Å²) in [5.41, 5.74) is 3.00. The molecule has 0 radical (unpaired) electrons. The molecule has 1 heteroatoms. The number of fused-ring (bicyclic) bond motifs is 1. The first-order chi connectivity index (χ1) is 9.41. The van der Waals surface area contributed by atoms with Gasteiger partial charge in [0.25, 0.3) is 0 Å². The Hall–Kier alpha value is -1.60. The molecule has 0 spiro atoms. The summed E-state index contributed by atoms with van der Waals surface area (Å²) >= 11 is 0. The SMILES string of the molecule is c1ccc([C@H]2O[C@@H]3CCC[C@]23c2ccccc2)cc1. The van der Waals surface area contributed by atoms with Gasteiger partial charge in [-0.1, -0.05) is 60.7 Å². The summed E-state index contributed by atoms with van der Waals surface area (Å²) in [6.45, 7) is 0. The summed E-state index contributed by atoms with van der Waals surface area (Å²) in [7, 11) is 0. The molecule has 3 atom stereocenters. The molecule has 0 unspecified atom stereocenters. The van der Waals surface area contributed by atoms with Crippen LogP contribution < -0.4 is 0 Å². The molecule has 1 saturated carbocycles. The summed E-state index contributed by atoms with van der Waals surface area (Å²) in [4.78, 5) is 0. The van der Waals surface area contributed by atoms with Crippen LogP contribution in [0, 0.1) is 0 Å². The van der Waals surface area contributed by atoms with Crippen LogP contribution in [0.25, 0.3) is 0 Å². The van der Waals surface area contributed by atoms with Gasteiger partial charge in [-0.15, -0.1) is 0 Å². The van der Waals surface area contributed by atoms with E-state index >= 15 is 0 Å². The molecule has 1 heterocycles. The lowest BCUT2D eigenvalue weighted by Gasteiger charge is -2.53. The van der Waals surface area contributed by atoms with Crippen molar-refractivity contribution in [3.63, 3.8) is 0 Å². The lowest BCUT2D eigenvalue weighted by molar-refractivity contribution is -0.194. The van der Waals surface area contributed by atoms with Gasteiger partial charge < -0.3 is 4.74 Å². The van der Waals surface area contributed by atoms with Crippen LogP contribution >= 0.6 is 0 Å². The molecule has 1 aliphatic carbocycles. The Balaban J connectivity index is 1.79. The molecule has 19 heavy (non-hydrogen) atoms. The number of hydrogen-bond acceptors (Lipinski definition) is 1. The van der Waals surface area contributed by atoms with E-state index in [0.717, 1.165) is 0 Å². The van der Waals surface area contributed by atoms with Gasteiger partial charge in [-0.3, -0.25) is 0 Å². The van der Waals surface area contributed by atoms with Gasteiger partial charge in [0.1, 0.15) is 0 Å². The number of benzene rings is 2. The van der Waals surface area contributed by atoms with Crippen LogP contribution in [-0.2, 0) is 10.2 Å². The topological polar surface area (TPSA) is 9.23 Å². The Labute approximate surface area is 114 Å².